The van der Waals surface area contributed by atoms with Gasteiger partial charge in [-0.05, 0) is 18.2 Å². The average molecular weight is 236 g/mol. The maximum absolute atomic E-state index is 9.14. The Morgan fingerprint density at radius 3 is 1.80 bits per heavy atom. The van der Waals surface area contributed by atoms with Gasteiger partial charge in [0.05, 0.1) is 5.97 Å². The number of rotatable bonds is 1. The maximum Gasteiger partial charge on any atom is 1.00 e. The molecular formula is C9H9KO5. The number of hydrogen-bond acceptors (Lipinski definition) is 5. The molecule has 0 aliphatic rings. The normalized spacial score (nSPS) is 7.73. The molecular weight excluding hydrogens is 227 g/mol. The third kappa shape index (κ3) is 7.40. The van der Waals surface area contributed by atoms with Crippen LogP contribution in [0.4, 0.5) is 0 Å². The number of benzene rings is 1. The Morgan fingerprint density at radius 1 is 1.27 bits per heavy atom. The van der Waals surface area contributed by atoms with E-state index in [2.05, 4.69) is 6.58 Å². The number of aliphatic carboxylic acids is 1. The fourth-order valence-corrected chi connectivity index (χ4v) is 0.519. The SMILES string of the molecule is C=CC(=O)[O-].Oc1cccc(O)c1O.[K+]. The monoisotopic (exact) mass is 236 g/mol. The number of carbonyl (C=O) groups is 1. The van der Waals surface area contributed by atoms with Crippen molar-refractivity contribution in [1.82, 2.24) is 0 Å². The van der Waals surface area contributed by atoms with Crippen LogP contribution in [0.15, 0.2) is 30.9 Å². The summed E-state index contributed by atoms with van der Waals surface area (Å²) >= 11 is 0. The van der Waals surface area contributed by atoms with Gasteiger partial charge in [0.1, 0.15) is 0 Å². The first-order chi connectivity index (χ1) is 6.49. The molecule has 0 unspecified atom stereocenters. The Balaban J connectivity index is 0. The zero-order chi connectivity index (χ0) is 11.1. The minimum absolute atomic E-state index is 0. The molecule has 0 aliphatic heterocycles. The molecule has 0 bridgehead atoms. The van der Waals surface area contributed by atoms with Gasteiger partial charge in [0.15, 0.2) is 17.2 Å². The quantitative estimate of drug-likeness (QED) is 0.270. The Hall–Kier alpha value is -0.534. The largest absolute Gasteiger partial charge is 1.00 e. The van der Waals surface area contributed by atoms with Crippen LogP contribution in [0.25, 0.3) is 0 Å². The molecule has 5 nitrogen and oxygen atoms in total. The molecule has 0 fully saturated rings. The van der Waals surface area contributed by atoms with E-state index in [0.29, 0.717) is 0 Å². The molecule has 0 saturated heterocycles. The van der Waals surface area contributed by atoms with Gasteiger partial charge in [-0.2, -0.15) is 0 Å². The minimum atomic E-state index is -1.23. The maximum atomic E-state index is 9.14. The van der Waals surface area contributed by atoms with Gasteiger partial charge in [-0.3, -0.25) is 0 Å². The second kappa shape index (κ2) is 8.75. The first kappa shape index (κ1) is 16.9. The van der Waals surface area contributed by atoms with Crippen molar-refractivity contribution < 1.29 is 76.6 Å². The summed E-state index contributed by atoms with van der Waals surface area (Å²) in [6.45, 7) is 2.90. The molecule has 76 valence electrons. The van der Waals surface area contributed by atoms with Crippen molar-refractivity contribution in [2.75, 3.05) is 0 Å². The van der Waals surface area contributed by atoms with Crippen molar-refractivity contribution in [3.8, 4) is 17.2 Å². The summed E-state index contributed by atoms with van der Waals surface area (Å²) in [5.41, 5.74) is 0. The summed E-state index contributed by atoms with van der Waals surface area (Å²) in [5, 5.41) is 35.2. The molecule has 15 heavy (non-hydrogen) atoms. The topological polar surface area (TPSA) is 101 Å². The van der Waals surface area contributed by atoms with E-state index < -0.39 is 11.7 Å². The van der Waals surface area contributed by atoms with Crippen LogP contribution >= 0.6 is 0 Å². The van der Waals surface area contributed by atoms with Crippen molar-refractivity contribution in [1.29, 1.82) is 0 Å². The molecule has 3 N–H and O–H groups in total. The second-order valence-electron chi connectivity index (χ2n) is 2.17. The van der Waals surface area contributed by atoms with Crippen LogP contribution in [-0.4, -0.2) is 21.3 Å². The van der Waals surface area contributed by atoms with E-state index in [1.807, 2.05) is 0 Å². The van der Waals surface area contributed by atoms with E-state index in [1.165, 1.54) is 18.2 Å². The van der Waals surface area contributed by atoms with Crippen LogP contribution in [0.3, 0.4) is 0 Å². The van der Waals surface area contributed by atoms with Crippen molar-refractivity contribution in [3.05, 3.63) is 30.9 Å². The van der Waals surface area contributed by atoms with Crippen molar-refractivity contribution >= 4 is 5.97 Å². The summed E-state index contributed by atoms with van der Waals surface area (Å²) in [6, 6.07) is 4.01. The Bertz CT molecular complexity index is 317. The van der Waals surface area contributed by atoms with E-state index in [1.54, 1.807) is 0 Å². The molecule has 1 aromatic rings. The Labute approximate surface area is 129 Å². The van der Waals surface area contributed by atoms with E-state index in [9.17, 15) is 0 Å². The van der Waals surface area contributed by atoms with Gasteiger partial charge in [0, 0.05) is 0 Å². The number of carbonyl (C=O) groups excluding carboxylic acids is 1. The summed E-state index contributed by atoms with van der Waals surface area (Å²) in [6.07, 6.45) is 0.722. The van der Waals surface area contributed by atoms with Crippen LogP contribution < -0.4 is 56.5 Å². The van der Waals surface area contributed by atoms with E-state index in [0.717, 1.165) is 6.08 Å². The second-order valence-corrected chi connectivity index (χ2v) is 2.17. The summed E-state index contributed by atoms with van der Waals surface area (Å²) in [4.78, 5) is 9.14. The first-order valence-electron chi connectivity index (χ1n) is 3.52. The van der Waals surface area contributed by atoms with Crippen molar-refractivity contribution in [2.24, 2.45) is 0 Å². The Kier molecular flexibility index (Phi) is 9.85. The molecule has 0 heterocycles. The van der Waals surface area contributed by atoms with Gasteiger partial charge in [-0.25, -0.2) is 0 Å². The predicted molar refractivity (Wildman–Crippen MR) is 46.6 cm³/mol. The molecule has 0 radical (unpaired) electrons. The smallest absolute Gasteiger partial charge is 0.545 e. The van der Waals surface area contributed by atoms with Crippen LogP contribution in [0.2, 0.25) is 0 Å². The molecule has 0 amide bonds. The molecule has 0 atom stereocenters. The van der Waals surface area contributed by atoms with Crippen LogP contribution in [-0.2, 0) is 4.79 Å². The molecule has 0 aliphatic carbocycles. The average Bonchev–Trinajstić information content (AvgIpc) is 2.15. The third-order valence-corrected chi connectivity index (χ3v) is 1.16. The number of hydrogen-bond donors (Lipinski definition) is 3. The molecule has 0 saturated carbocycles. The Morgan fingerprint density at radius 2 is 1.60 bits per heavy atom. The minimum Gasteiger partial charge on any atom is -0.545 e. The number of aromatic hydroxyl groups is 3. The van der Waals surface area contributed by atoms with Crippen LogP contribution in [0, 0.1) is 0 Å². The molecule has 1 aromatic carbocycles. The van der Waals surface area contributed by atoms with Gasteiger partial charge < -0.3 is 25.2 Å². The zero-order valence-electron chi connectivity index (χ0n) is 8.17. The third-order valence-electron chi connectivity index (χ3n) is 1.16. The molecule has 1 rings (SSSR count). The fourth-order valence-electron chi connectivity index (χ4n) is 0.519. The molecule has 6 heteroatoms. The first-order valence-corrected chi connectivity index (χ1v) is 3.52. The molecule has 0 aromatic heterocycles. The molecule has 0 spiro atoms. The number of carboxylic acid groups (broad SMARTS) is 1. The predicted octanol–water partition coefficient (Wildman–Crippen LogP) is -3.27. The van der Waals surface area contributed by atoms with Crippen molar-refractivity contribution in [2.45, 2.75) is 0 Å². The van der Waals surface area contributed by atoms with Gasteiger partial charge >= 0.3 is 51.4 Å². The van der Waals surface area contributed by atoms with E-state index in [-0.39, 0.29) is 62.9 Å². The number of phenols is 3. The van der Waals surface area contributed by atoms with Gasteiger partial charge in [-0.1, -0.05) is 12.6 Å². The number of phenolic OH excluding ortho intramolecular Hbond substituents is 3. The van der Waals surface area contributed by atoms with E-state index in [4.69, 9.17) is 25.2 Å². The van der Waals surface area contributed by atoms with Crippen LogP contribution in [0.5, 0.6) is 17.2 Å². The summed E-state index contributed by atoms with van der Waals surface area (Å²) in [7, 11) is 0. The number of para-hydroxylation sites is 1. The number of carboxylic acids is 1. The zero-order valence-corrected chi connectivity index (χ0v) is 11.3. The van der Waals surface area contributed by atoms with Crippen LogP contribution in [0.1, 0.15) is 0 Å². The van der Waals surface area contributed by atoms with E-state index >= 15 is 0 Å². The summed E-state index contributed by atoms with van der Waals surface area (Å²) in [5.74, 6) is -2.33. The van der Waals surface area contributed by atoms with Gasteiger partial charge in [-0.15, -0.1) is 0 Å². The standard InChI is InChI=1S/C6H6O3.C3H4O2.K/c7-4-2-1-3-5(8)6(4)9;1-2-3(4)5;/h1-3,7-9H;2H,1H2,(H,4,5);/q;;+1/p-1. The van der Waals surface area contributed by atoms with Gasteiger partial charge in [0.25, 0.3) is 0 Å². The fraction of sp³-hybridized carbons (Fsp3) is 0. The summed E-state index contributed by atoms with van der Waals surface area (Å²) < 4.78 is 0. The van der Waals surface area contributed by atoms with Crippen molar-refractivity contribution in [3.63, 3.8) is 0 Å². The van der Waals surface area contributed by atoms with Gasteiger partial charge in [0.2, 0.25) is 0 Å².